The normalized spacial score (nSPS) is 50.5. The highest BCUT2D eigenvalue weighted by Gasteiger charge is 2.53. The number of hydrogen-bond acceptors (Lipinski definition) is 2. The maximum atomic E-state index is 13.3. The maximum absolute atomic E-state index is 13.3. The SMILES string of the molecule is CNC1CCC2(CO1)CC(C)(F)C2. The minimum atomic E-state index is -0.921. The zero-order chi connectivity index (χ0) is 9.53. The molecule has 1 saturated heterocycles. The summed E-state index contributed by atoms with van der Waals surface area (Å²) in [6.07, 6.45) is 3.70. The summed E-state index contributed by atoms with van der Waals surface area (Å²) in [4.78, 5) is 0. The van der Waals surface area contributed by atoms with Crippen LogP contribution in [-0.4, -0.2) is 25.6 Å². The second-order valence-electron chi connectivity index (χ2n) is 4.89. The summed E-state index contributed by atoms with van der Waals surface area (Å²) in [6, 6.07) is 0. The van der Waals surface area contributed by atoms with Gasteiger partial charge in [-0.05, 0) is 45.1 Å². The quantitative estimate of drug-likeness (QED) is 0.676. The molecule has 0 aromatic carbocycles. The molecule has 0 radical (unpaired) electrons. The molecular weight excluding hydrogens is 169 g/mol. The fourth-order valence-electron chi connectivity index (χ4n) is 2.89. The van der Waals surface area contributed by atoms with Crippen LogP contribution in [0.2, 0.25) is 0 Å². The Hall–Kier alpha value is -0.150. The van der Waals surface area contributed by atoms with Crippen molar-refractivity contribution in [2.75, 3.05) is 13.7 Å². The van der Waals surface area contributed by atoms with Gasteiger partial charge in [-0.1, -0.05) is 0 Å². The Kier molecular flexibility index (Phi) is 2.11. The fourth-order valence-corrected chi connectivity index (χ4v) is 2.89. The number of rotatable bonds is 1. The molecule has 2 rings (SSSR count). The monoisotopic (exact) mass is 187 g/mol. The van der Waals surface area contributed by atoms with E-state index in [1.54, 1.807) is 6.92 Å². The molecule has 1 saturated carbocycles. The van der Waals surface area contributed by atoms with Gasteiger partial charge in [-0.3, -0.25) is 5.32 Å². The van der Waals surface area contributed by atoms with E-state index in [4.69, 9.17) is 4.74 Å². The molecule has 2 aliphatic rings. The first-order valence-corrected chi connectivity index (χ1v) is 5.03. The van der Waals surface area contributed by atoms with Crippen molar-refractivity contribution in [1.82, 2.24) is 5.32 Å². The molecule has 1 spiro atoms. The minimum Gasteiger partial charge on any atom is -0.363 e. The average Bonchev–Trinajstić information content (AvgIpc) is 2.02. The Morgan fingerprint density at radius 1 is 1.46 bits per heavy atom. The molecule has 2 fully saturated rings. The van der Waals surface area contributed by atoms with Crippen molar-refractivity contribution in [1.29, 1.82) is 0 Å². The standard InChI is InChI=1S/C10H18FNO/c1-9(11)5-10(6-9)4-3-8(12-2)13-7-10/h8,12H,3-7H2,1-2H3. The highest BCUT2D eigenvalue weighted by Crippen LogP contribution is 2.55. The van der Waals surface area contributed by atoms with E-state index in [-0.39, 0.29) is 11.6 Å². The molecule has 2 nitrogen and oxygen atoms in total. The smallest absolute Gasteiger partial charge is 0.109 e. The van der Waals surface area contributed by atoms with Gasteiger partial charge >= 0.3 is 0 Å². The van der Waals surface area contributed by atoms with Gasteiger partial charge in [-0.15, -0.1) is 0 Å². The van der Waals surface area contributed by atoms with Crippen molar-refractivity contribution in [3.63, 3.8) is 0 Å². The van der Waals surface area contributed by atoms with E-state index in [9.17, 15) is 4.39 Å². The highest BCUT2D eigenvalue weighted by atomic mass is 19.1. The molecule has 0 aromatic rings. The van der Waals surface area contributed by atoms with Crippen LogP contribution in [0.5, 0.6) is 0 Å². The van der Waals surface area contributed by atoms with E-state index >= 15 is 0 Å². The molecule has 0 aromatic heterocycles. The Bertz CT molecular complexity index is 187. The largest absolute Gasteiger partial charge is 0.363 e. The maximum Gasteiger partial charge on any atom is 0.109 e. The first-order chi connectivity index (χ1) is 6.05. The molecule has 0 amide bonds. The summed E-state index contributed by atoms with van der Waals surface area (Å²) in [7, 11) is 1.91. The van der Waals surface area contributed by atoms with Gasteiger partial charge in [0.2, 0.25) is 0 Å². The molecule has 3 heteroatoms. The Morgan fingerprint density at radius 3 is 2.54 bits per heavy atom. The van der Waals surface area contributed by atoms with E-state index in [1.165, 1.54) is 0 Å². The van der Waals surface area contributed by atoms with E-state index < -0.39 is 5.67 Å². The lowest BCUT2D eigenvalue weighted by molar-refractivity contribution is -0.159. The van der Waals surface area contributed by atoms with Gasteiger partial charge in [0.1, 0.15) is 11.9 Å². The van der Waals surface area contributed by atoms with E-state index in [1.807, 2.05) is 7.05 Å². The second kappa shape index (κ2) is 2.92. The van der Waals surface area contributed by atoms with Crippen molar-refractivity contribution in [3.05, 3.63) is 0 Å². The van der Waals surface area contributed by atoms with Gasteiger partial charge in [-0.2, -0.15) is 0 Å². The lowest BCUT2D eigenvalue weighted by Gasteiger charge is -2.53. The lowest BCUT2D eigenvalue weighted by Crippen LogP contribution is -2.53. The van der Waals surface area contributed by atoms with Gasteiger partial charge in [0.05, 0.1) is 6.61 Å². The molecular formula is C10H18FNO. The third-order valence-corrected chi connectivity index (χ3v) is 3.34. The van der Waals surface area contributed by atoms with Crippen LogP contribution >= 0.6 is 0 Å². The summed E-state index contributed by atoms with van der Waals surface area (Å²) in [6.45, 7) is 2.43. The van der Waals surface area contributed by atoms with Crippen LogP contribution in [0, 0.1) is 5.41 Å². The summed E-state index contributed by atoms with van der Waals surface area (Å²) in [5.41, 5.74) is -0.743. The van der Waals surface area contributed by atoms with Crippen LogP contribution in [0.4, 0.5) is 4.39 Å². The molecule has 1 heterocycles. The Morgan fingerprint density at radius 2 is 2.15 bits per heavy atom. The zero-order valence-electron chi connectivity index (χ0n) is 8.40. The number of ether oxygens (including phenoxy) is 1. The van der Waals surface area contributed by atoms with Crippen LogP contribution in [0.25, 0.3) is 0 Å². The predicted molar refractivity (Wildman–Crippen MR) is 49.2 cm³/mol. The van der Waals surface area contributed by atoms with E-state index in [0.717, 1.165) is 19.4 Å². The number of halogens is 1. The zero-order valence-corrected chi connectivity index (χ0v) is 8.40. The summed E-state index contributed by atoms with van der Waals surface area (Å²) in [5.74, 6) is 0. The predicted octanol–water partition coefficient (Wildman–Crippen LogP) is 1.85. The van der Waals surface area contributed by atoms with Crippen molar-refractivity contribution < 1.29 is 9.13 Å². The molecule has 76 valence electrons. The third-order valence-electron chi connectivity index (χ3n) is 3.34. The number of hydrogen-bond donors (Lipinski definition) is 1. The van der Waals surface area contributed by atoms with Gasteiger partial charge in [-0.25, -0.2) is 4.39 Å². The first kappa shape index (κ1) is 9.41. The molecule has 1 N–H and O–H groups in total. The van der Waals surface area contributed by atoms with Crippen molar-refractivity contribution >= 4 is 0 Å². The Balaban J connectivity index is 1.86. The van der Waals surface area contributed by atoms with Crippen LogP contribution in [0.1, 0.15) is 32.6 Å². The Labute approximate surface area is 78.8 Å². The van der Waals surface area contributed by atoms with Crippen LogP contribution in [0.15, 0.2) is 0 Å². The molecule has 13 heavy (non-hydrogen) atoms. The van der Waals surface area contributed by atoms with Crippen molar-refractivity contribution in [3.8, 4) is 0 Å². The average molecular weight is 187 g/mol. The van der Waals surface area contributed by atoms with E-state index in [2.05, 4.69) is 5.32 Å². The van der Waals surface area contributed by atoms with Crippen LogP contribution < -0.4 is 5.32 Å². The molecule has 1 atom stereocenters. The molecule has 1 aliphatic heterocycles. The van der Waals surface area contributed by atoms with Crippen molar-refractivity contribution in [2.45, 2.75) is 44.5 Å². The molecule has 1 aliphatic carbocycles. The number of alkyl halides is 1. The molecule has 1 unspecified atom stereocenters. The minimum absolute atomic E-state index is 0.177. The highest BCUT2D eigenvalue weighted by molar-refractivity contribution is 5.03. The van der Waals surface area contributed by atoms with Gasteiger partial charge in [0.25, 0.3) is 0 Å². The fraction of sp³-hybridized carbons (Fsp3) is 1.00. The van der Waals surface area contributed by atoms with Gasteiger partial charge in [0, 0.05) is 0 Å². The van der Waals surface area contributed by atoms with Crippen molar-refractivity contribution in [2.24, 2.45) is 5.41 Å². The molecule has 0 bridgehead atoms. The number of nitrogens with one attached hydrogen (secondary N) is 1. The topological polar surface area (TPSA) is 21.3 Å². The van der Waals surface area contributed by atoms with Gasteiger partial charge in [0.15, 0.2) is 0 Å². The first-order valence-electron chi connectivity index (χ1n) is 5.03. The lowest BCUT2D eigenvalue weighted by atomic mass is 9.58. The van der Waals surface area contributed by atoms with E-state index in [0.29, 0.717) is 12.8 Å². The summed E-state index contributed by atoms with van der Waals surface area (Å²) in [5, 5.41) is 3.09. The summed E-state index contributed by atoms with van der Waals surface area (Å²) >= 11 is 0. The van der Waals surface area contributed by atoms with Crippen LogP contribution in [-0.2, 0) is 4.74 Å². The second-order valence-corrected chi connectivity index (χ2v) is 4.89. The third kappa shape index (κ3) is 1.72. The van der Waals surface area contributed by atoms with Crippen LogP contribution in [0.3, 0.4) is 0 Å². The summed E-state index contributed by atoms with van der Waals surface area (Å²) < 4.78 is 18.9. The van der Waals surface area contributed by atoms with Gasteiger partial charge < -0.3 is 4.74 Å².